The van der Waals surface area contributed by atoms with Gasteiger partial charge in [0.25, 0.3) is 0 Å². The lowest BCUT2D eigenvalue weighted by molar-refractivity contribution is 0.0697. The highest BCUT2D eigenvalue weighted by Gasteiger charge is 2.02. The summed E-state index contributed by atoms with van der Waals surface area (Å²) in [7, 11) is 0. The van der Waals surface area contributed by atoms with E-state index in [1.54, 1.807) is 23.5 Å². The van der Waals surface area contributed by atoms with Gasteiger partial charge in [-0.1, -0.05) is 0 Å². The highest BCUT2D eigenvalue weighted by atomic mass is 32.1. The quantitative estimate of drug-likeness (QED) is 0.884. The average Bonchev–Trinajstić information content (AvgIpc) is 2.80. The monoisotopic (exact) mass is 234 g/mol. The van der Waals surface area contributed by atoms with Crippen molar-refractivity contribution in [3.05, 3.63) is 52.2 Å². The Bertz CT molecular complexity index is 460. The number of benzene rings is 1. The molecular weight excluding hydrogens is 224 g/mol. The van der Waals surface area contributed by atoms with E-state index in [1.807, 2.05) is 16.8 Å². The number of hydrogen-bond donors (Lipinski definition) is 1. The van der Waals surface area contributed by atoms with Gasteiger partial charge in [-0.25, -0.2) is 4.79 Å². The van der Waals surface area contributed by atoms with Gasteiger partial charge in [0.2, 0.25) is 0 Å². The molecule has 0 atom stereocenters. The number of hydrogen-bond acceptors (Lipinski definition) is 3. The van der Waals surface area contributed by atoms with Crippen LogP contribution in [0.25, 0.3) is 0 Å². The number of carbonyl (C=O) groups is 1. The molecule has 1 aromatic heterocycles. The van der Waals surface area contributed by atoms with Crippen LogP contribution in [0.1, 0.15) is 15.9 Å². The molecule has 0 saturated carbocycles. The minimum Gasteiger partial charge on any atom is -0.489 e. The molecule has 0 spiro atoms. The van der Waals surface area contributed by atoms with Gasteiger partial charge in [0.15, 0.2) is 0 Å². The van der Waals surface area contributed by atoms with Crippen LogP contribution in [0, 0.1) is 0 Å². The van der Waals surface area contributed by atoms with Crippen molar-refractivity contribution in [3.63, 3.8) is 0 Å². The fourth-order valence-corrected chi connectivity index (χ4v) is 1.89. The average molecular weight is 234 g/mol. The van der Waals surface area contributed by atoms with E-state index in [4.69, 9.17) is 9.84 Å². The SMILES string of the molecule is O=C(O)c1ccc(OCc2ccsc2)cc1. The van der Waals surface area contributed by atoms with E-state index < -0.39 is 5.97 Å². The van der Waals surface area contributed by atoms with Crippen molar-refractivity contribution < 1.29 is 14.6 Å². The van der Waals surface area contributed by atoms with E-state index in [2.05, 4.69) is 0 Å². The summed E-state index contributed by atoms with van der Waals surface area (Å²) in [5.41, 5.74) is 1.38. The molecule has 0 saturated heterocycles. The number of ether oxygens (including phenoxy) is 1. The lowest BCUT2D eigenvalue weighted by atomic mass is 10.2. The van der Waals surface area contributed by atoms with E-state index in [0.717, 1.165) is 5.56 Å². The summed E-state index contributed by atoms with van der Waals surface area (Å²) in [6.45, 7) is 0.510. The molecule has 0 radical (unpaired) electrons. The predicted octanol–water partition coefficient (Wildman–Crippen LogP) is 3.03. The van der Waals surface area contributed by atoms with Crippen LogP contribution < -0.4 is 4.74 Å². The highest BCUT2D eigenvalue weighted by Crippen LogP contribution is 2.15. The number of aromatic carboxylic acids is 1. The topological polar surface area (TPSA) is 46.5 Å². The molecule has 1 aromatic carbocycles. The van der Waals surface area contributed by atoms with E-state index in [9.17, 15) is 4.79 Å². The Morgan fingerprint density at radius 1 is 1.25 bits per heavy atom. The van der Waals surface area contributed by atoms with Crippen molar-refractivity contribution >= 4 is 17.3 Å². The van der Waals surface area contributed by atoms with Crippen LogP contribution in [-0.4, -0.2) is 11.1 Å². The first-order chi connectivity index (χ1) is 7.75. The van der Waals surface area contributed by atoms with Crippen molar-refractivity contribution in [3.8, 4) is 5.75 Å². The molecule has 1 N–H and O–H groups in total. The molecule has 0 bridgehead atoms. The fraction of sp³-hybridized carbons (Fsp3) is 0.0833. The Kier molecular flexibility index (Phi) is 3.22. The highest BCUT2D eigenvalue weighted by molar-refractivity contribution is 7.07. The van der Waals surface area contributed by atoms with Gasteiger partial charge >= 0.3 is 5.97 Å². The molecule has 0 fully saturated rings. The lowest BCUT2D eigenvalue weighted by Crippen LogP contribution is -1.97. The van der Waals surface area contributed by atoms with Crippen LogP contribution >= 0.6 is 11.3 Å². The molecule has 0 amide bonds. The van der Waals surface area contributed by atoms with Crippen LogP contribution in [0.4, 0.5) is 0 Å². The second kappa shape index (κ2) is 4.81. The molecule has 0 aliphatic heterocycles. The first-order valence-electron chi connectivity index (χ1n) is 4.73. The predicted molar refractivity (Wildman–Crippen MR) is 62.1 cm³/mol. The molecule has 16 heavy (non-hydrogen) atoms. The summed E-state index contributed by atoms with van der Waals surface area (Å²) in [6.07, 6.45) is 0. The Labute approximate surface area is 96.9 Å². The third-order valence-corrected chi connectivity index (χ3v) is 2.82. The molecule has 0 aliphatic rings. The molecule has 2 aromatic rings. The van der Waals surface area contributed by atoms with Gasteiger partial charge in [0, 0.05) is 0 Å². The standard InChI is InChI=1S/C12H10O3S/c13-12(14)10-1-3-11(4-2-10)15-7-9-5-6-16-8-9/h1-6,8H,7H2,(H,13,14). The Hall–Kier alpha value is -1.81. The largest absolute Gasteiger partial charge is 0.489 e. The molecule has 4 heteroatoms. The van der Waals surface area contributed by atoms with E-state index in [1.165, 1.54) is 12.1 Å². The molecule has 82 valence electrons. The van der Waals surface area contributed by atoms with Crippen LogP contribution in [0.5, 0.6) is 5.75 Å². The summed E-state index contributed by atoms with van der Waals surface area (Å²) in [5.74, 6) is -0.249. The molecule has 0 aliphatic carbocycles. The summed E-state index contributed by atoms with van der Waals surface area (Å²) in [5, 5.41) is 12.7. The maximum Gasteiger partial charge on any atom is 0.335 e. The number of thiophene rings is 1. The smallest absolute Gasteiger partial charge is 0.335 e. The molecule has 2 rings (SSSR count). The van der Waals surface area contributed by atoms with Gasteiger partial charge < -0.3 is 9.84 Å². The van der Waals surface area contributed by atoms with Crippen LogP contribution in [0.15, 0.2) is 41.1 Å². The van der Waals surface area contributed by atoms with Gasteiger partial charge in [0.05, 0.1) is 5.56 Å². The van der Waals surface area contributed by atoms with Gasteiger partial charge in [-0.3, -0.25) is 0 Å². The molecule has 1 heterocycles. The second-order valence-electron chi connectivity index (χ2n) is 3.25. The van der Waals surface area contributed by atoms with Crippen LogP contribution in [0.3, 0.4) is 0 Å². The van der Waals surface area contributed by atoms with Crippen molar-refractivity contribution in [1.29, 1.82) is 0 Å². The number of rotatable bonds is 4. The maximum absolute atomic E-state index is 10.6. The van der Waals surface area contributed by atoms with Crippen molar-refractivity contribution in [2.75, 3.05) is 0 Å². The Morgan fingerprint density at radius 3 is 2.56 bits per heavy atom. The van der Waals surface area contributed by atoms with E-state index >= 15 is 0 Å². The normalized spacial score (nSPS) is 10.0. The lowest BCUT2D eigenvalue weighted by Gasteiger charge is -2.04. The van der Waals surface area contributed by atoms with Crippen molar-refractivity contribution in [2.45, 2.75) is 6.61 Å². The molecular formula is C12H10O3S. The summed E-state index contributed by atoms with van der Waals surface area (Å²) in [6, 6.07) is 8.39. The minimum absolute atomic E-state index is 0.267. The first kappa shape index (κ1) is 10.7. The van der Waals surface area contributed by atoms with Crippen LogP contribution in [0.2, 0.25) is 0 Å². The third kappa shape index (κ3) is 2.61. The van der Waals surface area contributed by atoms with E-state index in [0.29, 0.717) is 12.4 Å². The zero-order valence-electron chi connectivity index (χ0n) is 8.42. The second-order valence-corrected chi connectivity index (χ2v) is 4.03. The van der Waals surface area contributed by atoms with Gasteiger partial charge in [-0.2, -0.15) is 11.3 Å². The summed E-state index contributed by atoms with van der Waals surface area (Å²) in [4.78, 5) is 10.6. The van der Waals surface area contributed by atoms with Crippen molar-refractivity contribution in [1.82, 2.24) is 0 Å². The van der Waals surface area contributed by atoms with Gasteiger partial charge in [-0.05, 0) is 46.7 Å². The van der Waals surface area contributed by atoms with Crippen LogP contribution in [-0.2, 0) is 6.61 Å². The molecule has 3 nitrogen and oxygen atoms in total. The first-order valence-corrected chi connectivity index (χ1v) is 5.67. The number of carboxylic acids is 1. The third-order valence-electron chi connectivity index (χ3n) is 2.09. The maximum atomic E-state index is 10.6. The Balaban J connectivity index is 1.98. The summed E-state index contributed by atoms with van der Waals surface area (Å²) < 4.78 is 5.50. The summed E-state index contributed by atoms with van der Waals surface area (Å²) >= 11 is 1.62. The number of carboxylic acid groups (broad SMARTS) is 1. The Morgan fingerprint density at radius 2 is 2.00 bits per heavy atom. The van der Waals surface area contributed by atoms with Gasteiger partial charge in [0.1, 0.15) is 12.4 Å². The molecule has 0 unspecified atom stereocenters. The zero-order valence-corrected chi connectivity index (χ0v) is 9.24. The fourth-order valence-electron chi connectivity index (χ4n) is 1.24. The van der Waals surface area contributed by atoms with Gasteiger partial charge in [-0.15, -0.1) is 0 Å². The zero-order chi connectivity index (χ0) is 11.4. The van der Waals surface area contributed by atoms with E-state index in [-0.39, 0.29) is 5.56 Å². The van der Waals surface area contributed by atoms with Crippen molar-refractivity contribution in [2.24, 2.45) is 0 Å². The minimum atomic E-state index is -0.926.